The molecule has 0 radical (unpaired) electrons. The highest BCUT2D eigenvalue weighted by Crippen LogP contribution is 2.38. The summed E-state index contributed by atoms with van der Waals surface area (Å²) in [5.74, 6) is 5.01. The van der Waals surface area contributed by atoms with E-state index in [2.05, 4.69) is 4.98 Å². The van der Waals surface area contributed by atoms with Crippen LogP contribution in [0.15, 0.2) is 34.9 Å². The Labute approximate surface area is 193 Å². The van der Waals surface area contributed by atoms with Gasteiger partial charge in [0.15, 0.2) is 6.10 Å². The molecular weight excluding hydrogens is 443 g/mol. The molecule has 0 aliphatic carbocycles. The summed E-state index contributed by atoms with van der Waals surface area (Å²) in [6.07, 6.45) is -0.243. The zero-order chi connectivity index (χ0) is 24.3. The van der Waals surface area contributed by atoms with Crippen LogP contribution in [-0.2, 0) is 29.2 Å². The van der Waals surface area contributed by atoms with Gasteiger partial charge >= 0.3 is 5.97 Å². The molecule has 5 rings (SSSR count). The van der Waals surface area contributed by atoms with Crippen molar-refractivity contribution in [2.75, 3.05) is 6.54 Å². The highest BCUT2D eigenvalue weighted by Gasteiger charge is 2.35. The lowest BCUT2D eigenvalue weighted by Crippen LogP contribution is -2.34. The number of halogens is 1. The number of pyridine rings is 2. The zero-order valence-corrected chi connectivity index (χ0v) is 18.3. The molecule has 1 aromatic carbocycles. The fourth-order valence-corrected chi connectivity index (χ4v) is 4.57. The number of fused-ring (bicyclic) bond motifs is 5. The maximum absolute atomic E-state index is 14.5. The van der Waals surface area contributed by atoms with E-state index in [1.165, 1.54) is 21.8 Å². The average Bonchev–Trinajstić information content (AvgIpc) is 3.17. The Bertz CT molecular complexity index is 1460. The highest BCUT2D eigenvalue weighted by atomic mass is 19.1. The van der Waals surface area contributed by atoms with E-state index in [-0.39, 0.29) is 42.9 Å². The number of hydrogen-bond acceptors (Lipinski definition) is 9. The van der Waals surface area contributed by atoms with Gasteiger partial charge in [-0.3, -0.25) is 4.79 Å². The monoisotopic (exact) mass is 466 g/mol. The second-order valence-corrected chi connectivity index (χ2v) is 8.39. The minimum Gasteiger partial charge on any atom is -0.458 e. The quantitative estimate of drug-likeness (QED) is 0.189. The molecule has 0 saturated carbocycles. The van der Waals surface area contributed by atoms with Crippen molar-refractivity contribution < 1.29 is 19.0 Å². The third kappa shape index (κ3) is 3.16. The molecule has 176 valence electrons. The molecule has 3 aromatic rings. The van der Waals surface area contributed by atoms with E-state index in [4.69, 9.17) is 22.0 Å². The molecule has 34 heavy (non-hydrogen) atoms. The van der Waals surface area contributed by atoms with Crippen LogP contribution in [0.5, 0.6) is 0 Å². The maximum Gasteiger partial charge on any atom is 0.340 e. The Morgan fingerprint density at radius 1 is 1.35 bits per heavy atom. The SMILES string of the molecule is Cc1cc2c(CN(N)/C(=C\N)CN)c3c(nc2cc1F)-c1cc2c(c(=O)n1C3)COC(=O)C2O. The molecule has 0 spiro atoms. The van der Waals surface area contributed by atoms with Crippen LogP contribution in [0, 0.1) is 12.7 Å². The molecule has 10 nitrogen and oxygen atoms in total. The van der Waals surface area contributed by atoms with Gasteiger partial charge < -0.3 is 30.9 Å². The number of carbonyl (C=O) groups is 1. The molecule has 0 bridgehead atoms. The molecule has 0 amide bonds. The molecule has 1 atom stereocenters. The summed E-state index contributed by atoms with van der Waals surface area (Å²) in [5.41, 5.74) is 15.1. The fourth-order valence-electron chi connectivity index (χ4n) is 4.57. The van der Waals surface area contributed by atoms with E-state index in [1.54, 1.807) is 19.1 Å². The second-order valence-electron chi connectivity index (χ2n) is 8.39. The largest absolute Gasteiger partial charge is 0.458 e. The summed E-state index contributed by atoms with van der Waals surface area (Å²) in [7, 11) is 0. The zero-order valence-electron chi connectivity index (χ0n) is 18.3. The molecule has 0 saturated heterocycles. The van der Waals surface area contributed by atoms with E-state index in [0.29, 0.717) is 33.6 Å². The van der Waals surface area contributed by atoms with Crippen molar-refractivity contribution in [2.24, 2.45) is 17.3 Å². The van der Waals surface area contributed by atoms with Crippen LogP contribution in [0.2, 0.25) is 0 Å². The summed E-state index contributed by atoms with van der Waals surface area (Å²) in [4.78, 5) is 29.8. The van der Waals surface area contributed by atoms with Crippen molar-refractivity contribution in [3.05, 3.63) is 74.1 Å². The summed E-state index contributed by atoms with van der Waals surface area (Å²) in [6.45, 7) is 1.92. The van der Waals surface area contributed by atoms with E-state index in [1.807, 2.05) is 0 Å². The van der Waals surface area contributed by atoms with Crippen LogP contribution >= 0.6 is 0 Å². The van der Waals surface area contributed by atoms with Crippen LogP contribution in [0.3, 0.4) is 0 Å². The molecule has 1 unspecified atom stereocenters. The number of aromatic nitrogens is 2. The number of carbonyl (C=O) groups excluding carboxylic acids is 1. The second kappa shape index (κ2) is 7.90. The Balaban J connectivity index is 1.77. The Kier molecular flexibility index (Phi) is 5.12. The smallest absolute Gasteiger partial charge is 0.340 e. The summed E-state index contributed by atoms with van der Waals surface area (Å²) < 4.78 is 20.9. The van der Waals surface area contributed by atoms with Crippen molar-refractivity contribution in [3.8, 4) is 11.4 Å². The molecule has 4 heterocycles. The van der Waals surface area contributed by atoms with Crippen molar-refractivity contribution in [1.29, 1.82) is 0 Å². The number of aliphatic hydroxyl groups is 1. The Hall–Kier alpha value is -3.80. The van der Waals surface area contributed by atoms with Crippen LogP contribution in [-0.4, -0.2) is 32.2 Å². The lowest BCUT2D eigenvalue weighted by atomic mass is 9.97. The summed E-state index contributed by atoms with van der Waals surface area (Å²) >= 11 is 0. The number of hydrogen-bond donors (Lipinski definition) is 4. The van der Waals surface area contributed by atoms with Gasteiger partial charge in [0, 0.05) is 35.3 Å². The van der Waals surface area contributed by atoms with Crippen molar-refractivity contribution in [1.82, 2.24) is 14.6 Å². The number of nitrogens with zero attached hydrogens (tertiary/aromatic N) is 3. The van der Waals surface area contributed by atoms with E-state index in [0.717, 1.165) is 11.1 Å². The Morgan fingerprint density at radius 2 is 2.12 bits per heavy atom. The molecule has 0 fully saturated rings. The standard InChI is InChI=1S/C23H23FN6O4/c1-10-2-12-14(8-30(27)11(5-25)6-26)15-7-29-19(20(15)28-18(12)4-17(10)24)3-13-16(22(29)32)9-34-23(33)21(13)31/h2-5,21,31H,6-9,25-27H2,1H3/b11-5-. The number of nitrogens with two attached hydrogens (primary N) is 3. The third-order valence-corrected chi connectivity index (χ3v) is 6.45. The van der Waals surface area contributed by atoms with Gasteiger partial charge in [-0.05, 0) is 30.2 Å². The van der Waals surface area contributed by atoms with Gasteiger partial charge in [0.25, 0.3) is 5.56 Å². The van der Waals surface area contributed by atoms with Crippen LogP contribution in [0.4, 0.5) is 4.39 Å². The van der Waals surface area contributed by atoms with Crippen LogP contribution in [0.1, 0.15) is 33.9 Å². The minimum absolute atomic E-state index is 0.115. The first kappa shape index (κ1) is 22.0. The lowest BCUT2D eigenvalue weighted by molar-refractivity contribution is -0.157. The van der Waals surface area contributed by atoms with Gasteiger partial charge in [-0.2, -0.15) is 0 Å². The number of benzene rings is 1. The van der Waals surface area contributed by atoms with Gasteiger partial charge in [0.2, 0.25) is 0 Å². The van der Waals surface area contributed by atoms with E-state index < -0.39 is 17.9 Å². The molecule has 2 aliphatic rings. The number of hydrazine groups is 1. The van der Waals surface area contributed by atoms with Gasteiger partial charge in [-0.25, -0.2) is 20.0 Å². The van der Waals surface area contributed by atoms with Crippen molar-refractivity contribution in [3.63, 3.8) is 0 Å². The van der Waals surface area contributed by atoms with Crippen molar-refractivity contribution in [2.45, 2.75) is 32.7 Å². The first-order valence-corrected chi connectivity index (χ1v) is 10.6. The Morgan fingerprint density at radius 3 is 2.82 bits per heavy atom. The predicted octanol–water partition coefficient (Wildman–Crippen LogP) is 0.397. The first-order valence-electron chi connectivity index (χ1n) is 10.6. The normalized spacial score (nSPS) is 16.8. The van der Waals surface area contributed by atoms with Gasteiger partial charge in [0.1, 0.15) is 12.4 Å². The van der Waals surface area contributed by atoms with Gasteiger partial charge in [-0.15, -0.1) is 0 Å². The average molecular weight is 466 g/mol. The van der Waals surface area contributed by atoms with E-state index >= 15 is 0 Å². The number of esters is 1. The lowest BCUT2D eigenvalue weighted by Gasteiger charge is -2.23. The van der Waals surface area contributed by atoms with Crippen molar-refractivity contribution >= 4 is 16.9 Å². The van der Waals surface area contributed by atoms with E-state index in [9.17, 15) is 19.1 Å². The number of rotatable bonds is 4. The third-order valence-electron chi connectivity index (χ3n) is 6.45. The topological polar surface area (TPSA) is 163 Å². The molecule has 2 aromatic heterocycles. The van der Waals surface area contributed by atoms with Crippen LogP contribution in [0.25, 0.3) is 22.3 Å². The highest BCUT2D eigenvalue weighted by molar-refractivity contribution is 5.89. The summed E-state index contributed by atoms with van der Waals surface area (Å²) in [5, 5.41) is 12.4. The molecular formula is C23H23FN6O4. The molecule has 11 heteroatoms. The number of aryl methyl sites for hydroxylation is 1. The number of ether oxygens (including phenoxy) is 1. The number of aliphatic hydroxyl groups excluding tert-OH is 1. The van der Waals surface area contributed by atoms with Gasteiger partial charge in [-0.1, -0.05) is 0 Å². The fraction of sp³-hybridized carbons (Fsp3) is 0.261. The minimum atomic E-state index is -1.56. The molecule has 2 aliphatic heterocycles. The maximum atomic E-state index is 14.5. The first-order chi connectivity index (χ1) is 16.2. The number of cyclic esters (lactones) is 1. The summed E-state index contributed by atoms with van der Waals surface area (Å²) in [6, 6.07) is 4.61. The predicted molar refractivity (Wildman–Crippen MR) is 121 cm³/mol. The van der Waals surface area contributed by atoms with Crippen LogP contribution < -0.4 is 22.9 Å². The van der Waals surface area contributed by atoms with Gasteiger partial charge in [0.05, 0.1) is 41.3 Å². The molecule has 7 N–H and O–H groups in total.